The van der Waals surface area contributed by atoms with Gasteiger partial charge < -0.3 is 4.90 Å². The zero-order valence-corrected chi connectivity index (χ0v) is 15.6. The number of halogens is 1. The number of rotatable bonds is 7. The van der Waals surface area contributed by atoms with Crippen molar-refractivity contribution in [1.82, 2.24) is 9.62 Å². The van der Waals surface area contributed by atoms with Crippen molar-refractivity contribution in [3.8, 4) is 0 Å². The highest BCUT2D eigenvalue weighted by Crippen LogP contribution is 2.16. The summed E-state index contributed by atoms with van der Waals surface area (Å²) in [7, 11) is 0.408. The minimum Gasteiger partial charge on any atom is -0.305 e. The molecular weight excluding hydrogens is 376 g/mol. The summed E-state index contributed by atoms with van der Waals surface area (Å²) < 4.78 is 28.3. The third-order valence-electron chi connectivity index (χ3n) is 3.66. The lowest BCUT2D eigenvalue weighted by Crippen LogP contribution is -2.41. The molecule has 0 saturated carbocycles. The van der Waals surface area contributed by atoms with E-state index >= 15 is 0 Å². The highest BCUT2D eigenvalue weighted by molar-refractivity contribution is 9.10. The summed E-state index contributed by atoms with van der Waals surface area (Å²) in [6.45, 7) is 0.358. The third kappa shape index (κ3) is 5.42. The van der Waals surface area contributed by atoms with Crippen molar-refractivity contribution in [2.45, 2.75) is 17.4 Å². The van der Waals surface area contributed by atoms with E-state index in [1.54, 1.807) is 24.3 Å². The van der Waals surface area contributed by atoms with Crippen molar-refractivity contribution in [3.63, 3.8) is 0 Å². The Kier molecular flexibility index (Phi) is 6.35. The van der Waals surface area contributed by atoms with Gasteiger partial charge in [-0.25, -0.2) is 13.1 Å². The smallest absolute Gasteiger partial charge is 0.240 e. The van der Waals surface area contributed by atoms with Gasteiger partial charge in [-0.05, 0) is 44.3 Å². The summed E-state index contributed by atoms with van der Waals surface area (Å²) in [6, 6.07) is 16.9. The van der Waals surface area contributed by atoms with Gasteiger partial charge >= 0.3 is 0 Å². The molecule has 0 heterocycles. The van der Waals surface area contributed by atoms with Crippen LogP contribution in [0, 0.1) is 0 Å². The van der Waals surface area contributed by atoms with Crippen molar-refractivity contribution in [1.29, 1.82) is 0 Å². The first kappa shape index (κ1) is 18.1. The van der Waals surface area contributed by atoms with Crippen LogP contribution in [-0.4, -0.2) is 40.0 Å². The van der Waals surface area contributed by atoms with Crippen molar-refractivity contribution >= 4 is 26.0 Å². The van der Waals surface area contributed by atoms with E-state index in [2.05, 4.69) is 32.8 Å². The Labute approximate surface area is 146 Å². The molecule has 4 nitrogen and oxygen atoms in total. The molecule has 0 aliphatic rings. The molecule has 0 spiro atoms. The van der Waals surface area contributed by atoms with Gasteiger partial charge in [0.2, 0.25) is 10.0 Å². The van der Waals surface area contributed by atoms with Gasteiger partial charge in [0.1, 0.15) is 0 Å². The van der Waals surface area contributed by atoms with Crippen molar-refractivity contribution in [2.24, 2.45) is 0 Å². The van der Waals surface area contributed by atoms with Crippen molar-refractivity contribution in [2.75, 3.05) is 20.6 Å². The third-order valence-corrected chi connectivity index (χ3v) is 5.57. The number of nitrogens with zero attached hydrogens (tertiary/aromatic N) is 1. The first-order valence-corrected chi connectivity index (χ1v) is 9.62. The van der Waals surface area contributed by atoms with Crippen LogP contribution < -0.4 is 4.72 Å². The van der Waals surface area contributed by atoms with Gasteiger partial charge in [-0.2, -0.15) is 0 Å². The number of hydrogen-bond acceptors (Lipinski definition) is 3. The van der Waals surface area contributed by atoms with Crippen LogP contribution in [0.2, 0.25) is 0 Å². The second kappa shape index (κ2) is 8.06. The van der Waals surface area contributed by atoms with E-state index in [-0.39, 0.29) is 10.9 Å². The fraction of sp³-hybridized carbons (Fsp3) is 0.294. The lowest BCUT2D eigenvalue weighted by atomic mass is 10.1. The molecule has 0 aliphatic heterocycles. The minimum atomic E-state index is -3.51. The predicted octanol–water partition coefficient (Wildman–Crippen LogP) is 2.90. The topological polar surface area (TPSA) is 49.4 Å². The Hall–Kier alpha value is -1.21. The van der Waals surface area contributed by atoms with E-state index in [4.69, 9.17) is 0 Å². The molecule has 0 fully saturated rings. The number of hydrogen-bond donors (Lipinski definition) is 1. The SMILES string of the molecule is CN(C)C(CNS(=O)(=O)c1cccc(Br)c1)Cc1ccccc1. The van der Waals surface area contributed by atoms with Crippen LogP contribution in [0.3, 0.4) is 0 Å². The maximum absolute atomic E-state index is 12.4. The quantitative estimate of drug-likeness (QED) is 0.782. The van der Waals surface area contributed by atoms with Crippen LogP contribution in [0.25, 0.3) is 0 Å². The molecule has 0 aromatic heterocycles. The molecule has 2 aromatic rings. The Bertz CT molecular complexity index is 733. The van der Waals surface area contributed by atoms with E-state index < -0.39 is 10.0 Å². The molecule has 1 N–H and O–H groups in total. The Balaban J connectivity index is 2.06. The maximum atomic E-state index is 12.4. The molecule has 0 radical (unpaired) electrons. The number of sulfonamides is 1. The van der Waals surface area contributed by atoms with E-state index in [1.807, 2.05) is 37.2 Å². The average molecular weight is 397 g/mol. The van der Waals surface area contributed by atoms with Gasteiger partial charge in [-0.15, -0.1) is 0 Å². The molecule has 0 bridgehead atoms. The van der Waals surface area contributed by atoms with Crippen LogP contribution in [0.15, 0.2) is 64.0 Å². The van der Waals surface area contributed by atoms with Gasteiger partial charge in [0.15, 0.2) is 0 Å². The van der Waals surface area contributed by atoms with E-state index in [0.717, 1.165) is 10.9 Å². The van der Waals surface area contributed by atoms with E-state index in [1.165, 1.54) is 5.56 Å². The average Bonchev–Trinajstić information content (AvgIpc) is 2.52. The molecule has 0 amide bonds. The molecule has 0 aliphatic carbocycles. The molecule has 23 heavy (non-hydrogen) atoms. The second-order valence-corrected chi connectivity index (χ2v) is 8.30. The number of likely N-dealkylation sites (N-methyl/N-ethyl adjacent to an activating group) is 1. The molecule has 1 atom stereocenters. The first-order chi connectivity index (χ1) is 10.9. The number of nitrogens with one attached hydrogen (secondary N) is 1. The van der Waals surface area contributed by atoms with Gasteiger partial charge in [0.05, 0.1) is 4.90 Å². The molecular formula is C17H21BrN2O2S. The van der Waals surface area contributed by atoms with E-state index in [0.29, 0.717) is 6.54 Å². The van der Waals surface area contributed by atoms with E-state index in [9.17, 15) is 8.42 Å². The summed E-state index contributed by atoms with van der Waals surface area (Å²) in [6.07, 6.45) is 0.787. The zero-order valence-electron chi connectivity index (χ0n) is 13.2. The Morgan fingerprint density at radius 2 is 1.78 bits per heavy atom. The van der Waals surface area contributed by atoms with Gasteiger partial charge in [-0.3, -0.25) is 0 Å². The molecule has 124 valence electrons. The Morgan fingerprint density at radius 1 is 1.09 bits per heavy atom. The summed E-state index contributed by atoms with van der Waals surface area (Å²) in [4.78, 5) is 2.31. The fourth-order valence-electron chi connectivity index (χ4n) is 2.25. The summed E-state index contributed by atoms with van der Waals surface area (Å²) in [5.41, 5.74) is 1.19. The molecule has 2 aromatic carbocycles. The van der Waals surface area contributed by atoms with Crippen LogP contribution in [0.4, 0.5) is 0 Å². The van der Waals surface area contributed by atoms with Crippen LogP contribution in [-0.2, 0) is 16.4 Å². The second-order valence-electron chi connectivity index (χ2n) is 5.62. The molecule has 1 unspecified atom stereocenters. The summed E-state index contributed by atoms with van der Waals surface area (Å²) in [5.74, 6) is 0. The highest BCUT2D eigenvalue weighted by atomic mass is 79.9. The van der Waals surface area contributed by atoms with Crippen LogP contribution >= 0.6 is 15.9 Å². The predicted molar refractivity (Wildman–Crippen MR) is 97.0 cm³/mol. The van der Waals surface area contributed by atoms with Crippen LogP contribution in [0.1, 0.15) is 5.56 Å². The fourth-order valence-corrected chi connectivity index (χ4v) is 3.92. The standard InChI is InChI=1S/C17H21BrN2O2S/c1-20(2)16(11-14-7-4-3-5-8-14)13-19-23(21,22)17-10-6-9-15(18)12-17/h3-10,12,16,19H,11,13H2,1-2H3. The summed E-state index contributed by atoms with van der Waals surface area (Å²) >= 11 is 3.30. The molecule has 6 heteroatoms. The van der Waals surface area contributed by atoms with Crippen LogP contribution in [0.5, 0.6) is 0 Å². The highest BCUT2D eigenvalue weighted by Gasteiger charge is 2.18. The zero-order chi connectivity index (χ0) is 16.9. The first-order valence-electron chi connectivity index (χ1n) is 7.34. The van der Waals surface area contributed by atoms with Gasteiger partial charge in [-0.1, -0.05) is 52.3 Å². The Morgan fingerprint density at radius 3 is 2.39 bits per heavy atom. The summed E-state index contributed by atoms with van der Waals surface area (Å²) in [5, 5.41) is 0. The molecule has 0 saturated heterocycles. The molecule has 2 rings (SSSR count). The number of benzene rings is 2. The normalized spacial score (nSPS) is 13.2. The van der Waals surface area contributed by atoms with Crippen molar-refractivity contribution < 1.29 is 8.42 Å². The lowest BCUT2D eigenvalue weighted by Gasteiger charge is -2.24. The van der Waals surface area contributed by atoms with Gasteiger partial charge in [0, 0.05) is 17.1 Å². The maximum Gasteiger partial charge on any atom is 0.240 e. The minimum absolute atomic E-state index is 0.0827. The largest absolute Gasteiger partial charge is 0.305 e. The lowest BCUT2D eigenvalue weighted by molar-refractivity contribution is 0.291. The van der Waals surface area contributed by atoms with Crippen molar-refractivity contribution in [3.05, 3.63) is 64.6 Å². The monoisotopic (exact) mass is 396 g/mol. The van der Waals surface area contributed by atoms with Gasteiger partial charge in [0.25, 0.3) is 0 Å².